The summed E-state index contributed by atoms with van der Waals surface area (Å²) in [6, 6.07) is 4.82. The summed E-state index contributed by atoms with van der Waals surface area (Å²) in [5, 5.41) is 6.09. The van der Waals surface area contributed by atoms with E-state index < -0.39 is 0 Å². The summed E-state index contributed by atoms with van der Waals surface area (Å²) in [6.07, 6.45) is 2.44. The van der Waals surface area contributed by atoms with Gasteiger partial charge < -0.3 is 10.3 Å². The number of aromatic nitrogens is 2. The van der Waals surface area contributed by atoms with Crippen molar-refractivity contribution in [3.05, 3.63) is 34.1 Å². The van der Waals surface area contributed by atoms with Gasteiger partial charge in [-0.2, -0.15) is 4.98 Å². The van der Waals surface area contributed by atoms with Crippen molar-refractivity contribution >= 4 is 11.3 Å². The first-order valence-corrected chi connectivity index (χ1v) is 7.04. The molecule has 96 valence electrons. The van der Waals surface area contributed by atoms with Crippen LogP contribution >= 0.6 is 11.3 Å². The second-order valence-corrected chi connectivity index (χ2v) is 5.43. The third-order valence-electron chi connectivity index (χ3n) is 3.26. The van der Waals surface area contributed by atoms with E-state index in [2.05, 4.69) is 32.6 Å². The van der Waals surface area contributed by atoms with E-state index in [4.69, 9.17) is 10.3 Å². The highest BCUT2D eigenvalue weighted by Crippen LogP contribution is 2.35. The molecule has 1 fully saturated rings. The molecule has 3 rings (SSSR count). The summed E-state index contributed by atoms with van der Waals surface area (Å²) in [7, 11) is 0. The Balaban J connectivity index is 1.71. The van der Waals surface area contributed by atoms with Gasteiger partial charge >= 0.3 is 0 Å². The number of rotatable bonds is 4. The van der Waals surface area contributed by atoms with Gasteiger partial charge in [-0.05, 0) is 30.8 Å². The van der Waals surface area contributed by atoms with E-state index in [-0.39, 0.29) is 0 Å². The third-order valence-corrected chi connectivity index (χ3v) is 4.24. The summed E-state index contributed by atoms with van der Waals surface area (Å²) in [5.41, 5.74) is 5.47. The largest absolute Gasteiger partial charge is 0.338 e. The molecule has 18 heavy (non-hydrogen) atoms. The molecular weight excluding hydrogens is 248 g/mol. The molecule has 0 spiro atoms. The number of likely N-dealkylation sites (tertiary alicyclic amines) is 1. The smallest absolute Gasteiger partial charge is 0.240 e. The maximum absolute atomic E-state index is 5.47. The molecule has 0 saturated carbocycles. The predicted octanol–water partition coefficient (Wildman–Crippen LogP) is 1.93. The zero-order valence-electron chi connectivity index (χ0n) is 10.1. The fourth-order valence-corrected chi connectivity index (χ4v) is 3.33. The molecule has 0 bridgehead atoms. The number of nitrogens with two attached hydrogens (primary N) is 1. The van der Waals surface area contributed by atoms with E-state index in [0.717, 1.165) is 18.9 Å². The zero-order valence-corrected chi connectivity index (χ0v) is 10.9. The van der Waals surface area contributed by atoms with Gasteiger partial charge in [0.25, 0.3) is 0 Å². The number of hydrogen-bond donors (Lipinski definition) is 1. The number of nitrogens with zero attached hydrogens (tertiary/aromatic N) is 3. The molecule has 3 heterocycles. The Morgan fingerprint density at radius 3 is 3.22 bits per heavy atom. The fourth-order valence-electron chi connectivity index (χ4n) is 2.44. The standard InChI is InChI=1S/C12H16N4OS/c13-7-12-14-11(15-17-12)8-16-5-1-3-9(16)10-4-2-6-18-10/h2,4,6,9H,1,3,5,7-8,13H2. The Morgan fingerprint density at radius 2 is 2.50 bits per heavy atom. The van der Waals surface area contributed by atoms with Gasteiger partial charge in [0.1, 0.15) is 0 Å². The Hall–Kier alpha value is -1.24. The van der Waals surface area contributed by atoms with Crippen molar-refractivity contribution in [3.8, 4) is 0 Å². The van der Waals surface area contributed by atoms with Crippen molar-refractivity contribution in [2.24, 2.45) is 5.73 Å². The van der Waals surface area contributed by atoms with E-state index in [0.29, 0.717) is 18.5 Å². The maximum Gasteiger partial charge on any atom is 0.240 e. The first kappa shape index (κ1) is 11.8. The van der Waals surface area contributed by atoms with Crippen LogP contribution in [-0.4, -0.2) is 21.6 Å². The van der Waals surface area contributed by atoms with Gasteiger partial charge in [0.05, 0.1) is 13.1 Å². The maximum atomic E-state index is 5.47. The normalized spacial score (nSPS) is 20.6. The lowest BCUT2D eigenvalue weighted by Gasteiger charge is -2.21. The summed E-state index contributed by atoms with van der Waals surface area (Å²) in [6.45, 7) is 2.14. The minimum atomic E-state index is 0.307. The minimum absolute atomic E-state index is 0.307. The van der Waals surface area contributed by atoms with Crippen LogP contribution in [-0.2, 0) is 13.1 Å². The van der Waals surface area contributed by atoms with Gasteiger partial charge in [-0.15, -0.1) is 11.3 Å². The van der Waals surface area contributed by atoms with Gasteiger partial charge in [0.2, 0.25) is 5.89 Å². The first-order chi connectivity index (χ1) is 8.86. The van der Waals surface area contributed by atoms with Crippen LogP contribution in [0.2, 0.25) is 0 Å². The molecule has 2 aromatic heterocycles. The van der Waals surface area contributed by atoms with Crippen molar-refractivity contribution in [3.63, 3.8) is 0 Å². The highest BCUT2D eigenvalue weighted by atomic mass is 32.1. The predicted molar refractivity (Wildman–Crippen MR) is 68.9 cm³/mol. The van der Waals surface area contributed by atoms with Crippen LogP contribution < -0.4 is 5.73 Å². The monoisotopic (exact) mass is 264 g/mol. The average molecular weight is 264 g/mol. The Labute approximate surface area is 110 Å². The van der Waals surface area contributed by atoms with E-state index in [1.807, 2.05) is 11.3 Å². The topological polar surface area (TPSA) is 68.2 Å². The lowest BCUT2D eigenvalue weighted by Crippen LogP contribution is -2.22. The average Bonchev–Trinajstić information content (AvgIpc) is 3.09. The number of hydrogen-bond acceptors (Lipinski definition) is 6. The SMILES string of the molecule is NCc1nc(CN2CCCC2c2cccs2)no1. The van der Waals surface area contributed by atoms with E-state index in [1.165, 1.54) is 17.7 Å². The Morgan fingerprint density at radius 1 is 1.56 bits per heavy atom. The van der Waals surface area contributed by atoms with E-state index in [9.17, 15) is 0 Å². The molecule has 6 heteroatoms. The molecule has 0 aliphatic carbocycles. The summed E-state index contributed by atoms with van der Waals surface area (Å²) in [5.74, 6) is 1.25. The second kappa shape index (κ2) is 5.17. The van der Waals surface area contributed by atoms with Crippen LogP contribution in [0.4, 0.5) is 0 Å². The summed E-state index contributed by atoms with van der Waals surface area (Å²) >= 11 is 1.82. The van der Waals surface area contributed by atoms with Crippen LogP contribution in [0.5, 0.6) is 0 Å². The lowest BCUT2D eigenvalue weighted by molar-refractivity contribution is 0.241. The van der Waals surface area contributed by atoms with Crippen LogP contribution in [0.3, 0.4) is 0 Å². The number of thiophene rings is 1. The minimum Gasteiger partial charge on any atom is -0.338 e. The molecule has 0 aromatic carbocycles. The zero-order chi connectivity index (χ0) is 12.4. The molecule has 5 nitrogen and oxygen atoms in total. The molecule has 1 atom stereocenters. The van der Waals surface area contributed by atoms with Gasteiger partial charge in [-0.1, -0.05) is 11.2 Å². The van der Waals surface area contributed by atoms with Crippen LogP contribution in [0.1, 0.15) is 35.5 Å². The molecule has 2 N–H and O–H groups in total. The first-order valence-electron chi connectivity index (χ1n) is 6.16. The molecule has 1 aliphatic heterocycles. The molecule has 0 amide bonds. The second-order valence-electron chi connectivity index (χ2n) is 4.45. The highest BCUT2D eigenvalue weighted by molar-refractivity contribution is 7.10. The van der Waals surface area contributed by atoms with Crippen molar-refractivity contribution < 1.29 is 4.52 Å². The van der Waals surface area contributed by atoms with Crippen molar-refractivity contribution in [2.75, 3.05) is 6.54 Å². The molecule has 0 radical (unpaired) electrons. The Bertz CT molecular complexity index is 496. The molecule has 1 aliphatic rings. The summed E-state index contributed by atoms with van der Waals surface area (Å²) in [4.78, 5) is 8.11. The fraction of sp³-hybridized carbons (Fsp3) is 0.500. The van der Waals surface area contributed by atoms with E-state index >= 15 is 0 Å². The van der Waals surface area contributed by atoms with Crippen LogP contribution in [0, 0.1) is 0 Å². The third kappa shape index (κ3) is 2.31. The van der Waals surface area contributed by atoms with Gasteiger partial charge in [0, 0.05) is 10.9 Å². The van der Waals surface area contributed by atoms with Gasteiger partial charge in [0.15, 0.2) is 5.82 Å². The van der Waals surface area contributed by atoms with Crippen LogP contribution in [0.15, 0.2) is 22.0 Å². The molecule has 1 unspecified atom stereocenters. The molecule has 2 aromatic rings. The Kier molecular flexibility index (Phi) is 3.40. The van der Waals surface area contributed by atoms with Crippen molar-refractivity contribution in [1.82, 2.24) is 15.0 Å². The van der Waals surface area contributed by atoms with Gasteiger partial charge in [-0.25, -0.2) is 0 Å². The quantitative estimate of drug-likeness (QED) is 0.913. The molecular formula is C12H16N4OS. The van der Waals surface area contributed by atoms with Crippen molar-refractivity contribution in [1.29, 1.82) is 0 Å². The lowest BCUT2D eigenvalue weighted by atomic mass is 10.2. The van der Waals surface area contributed by atoms with Crippen LogP contribution in [0.25, 0.3) is 0 Å². The molecule has 1 saturated heterocycles. The van der Waals surface area contributed by atoms with E-state index in [1.54, 1.807) is 0 Å². The highest BCUT2D eigenvalue weighted by Gasteiger charge is 2.27. The van der Waals surface area contributed by atoms with Crippen molar-refractivity contribution in [2.45, 2.75) is 32.0 Å². The summed E-state index contributed by atoms with van der Waals surface area (Å²) < 4.78 is 5.04. The van der Waals surface area contributed by atoms with Gasteiger partial charge in [-0.3, -0.25) is 4.90 Å².